The Labute approximate surface area is 171 Å². The van der Waals surface area contributed by atoms with Crippen LogP contribution in [0.2, 0.25) is 0 Å². The van der Waals surface area contributed by atoms with Gasteiger partial charge in [0.15, 0.2) is 5.13 Å². The highest BCUT2D eigenvalue weighted by molar-refractivity contribution is 7.22. The van der Waals surface area contributed by atoms with Crippen LogP contribution in [0.5, 0.6) is 5.75 Å². The molecule has 2 aromatic heterocycles. The van der Waals surface area contributed by atoms with E-state index in [-0.39, 0.29) is 11.7 Å². The van der Waals surface area contributed by atoms with Crippen molar-refractivity contribution in [2.75, 3.05) is 18.6 Å². The summed E-state index contributed by atoms with van der Waals surface area (Å²) >= 11 is 1.43. The van der Waals surface area contributed by atoms with Gasteiger partial charge >= 0.3 is 0 Å². The van der Waals surface area contributed by atoms with Crippen LogP contribution in [-0.2, 0) is 6.54 Å². The summed E-state index contributed by atoms with van der Waals surface area (Å²) in [5.41, 5.74) is 1.23. The molecule has 0 unspecified atom stereocenters. The van der Waals surface area contributed by atoms with E-state index in [0.717, 1.165) is 28.9 Å². The Kier molecular flexibility index (Phi) is 5.53. The lowest BCUT2D eigenvalue weighted by Gasteiger charge is -2.20. The average Bonchev–Trinajstić information content (AvgIpc) is 3.40. The number of anilines is 1. The molecule has 0 fully saturated rings. The molecule has 4 rings (SSSR count). The summed E-state index contributed by atoms with van der Waals surface area (Å²) in [4.78, 5) is 23.5. The molecule has 6 nitrogen and oxygen atoms in total. The summed E-state index contributed by atoms with van der Waals surface area (Å²) in [5, 5.41) is 0.605. The number of aryl methyl sites for hydroxylation is 1. The van der Waals surface area contributed by atoms with Gasteiger partial charge in [-0.15, -0.1) is 0 Å². The molecular formula is C21H19FN4O2S. The molecule has 0 aliphatic carbocycles. The highest BCUT2D eigenvalue weighted by Crippen LogP contribution is 2.32. The molecule has 29 heavy (non-hydrogen) atoms. The molecule has 0 bridgehead atoms. The van der Waals surface area contributed by atoms with Crippen LogP contribution in [0, 0.1) is 5.82 Å². The van der Waals surface area contributed by atoms with Crippen molar-refractivity contribution >= 4 is 32.6 Å². The first-order chi connectivity index (χ1) is 14.1. The number of hydrogen-bond donors (Lipinski definition) is 0. The number of nitrogens with zero attached hydrogens (tertiary/aromatic N) is 4. The van der Waals surface area contributed by atoms with Crippen molar-refractivity contribution in [3.8, 4) is 5.75 Å². The molecule has 0 spiro atoms. The molecule has 0 saturated carbocycles. The molecule has 4 aromatic rings. The van der Waals surface area contributed by atoms with Gasteiger partial charge < -0.3 is 9.30 Å². The number of imidazole rings is 1. The van der Waals surface area contributed by atoms with Crippen LogP contribution in [-0.4, -0.2) is 34.1 Å². The lowest BCUT2D eigenvalue weighted by atomic mass is 10.2. The molecule has 148 valence electrons. The fourth-order valence-electron chi connectivity index (χ4n) is 3.00. The molecule has 0 atom stereocenters. The zero-order valence-corrected chi connectivity index (χ0v) is 16.6. The van der Waals surface area contributed by atoms with Crippen molar-refractivity contribution in [1.82, 2.24) is 14.5 Å². The Balaban J connectivity index is 1.63. The maximum atomic E-state index is 13.3. The van der Waals surface area contributed by atoms with Crippen molar-refractivity contribution in [1.29, 1.82) is 0 Å². The molecule has 2 aromatic carbocycles. The van der Waals surface area contributed by atoms with Gasteiger partial charge in [-0.2, -0.15) is 0 Å². The second-order valence-electron chi connectivity index (χ2n) is 6.45. The number of methoxy groups -OCH3 is 1. The number of thiazole rings is 1. The van der Waals surface area contributed by atoms with Crippen LogP contribution in [0.3, 0.4) is 0 Å². The third-order valence-corrected chi connectivity index (χ3v) is 5.55. The van der Waals surface area contributed by atoms with Gasteiger partial charge in [-0.1, -0.05) is 11.3 Å². The number of carbonyl (C=O) groups is 1. The lowest BCUT2D eigenvalue weighted by molar-refractivity contribution is 0.0986. The van der Waals surface area contributed by atoms with Gasteiger partial charge in [-0.05, 0) is 48.9 Å². The van der Waals surface area contributed by atoms with E-state index in [9.17, 15) is 9.18 Å². The second kappa shape index (κ2) is 8.40. The van der Waals surface area contributed by atoms with E-state index in [4.69, 9.17) is 4.74 Å². The smallest absolute Gasteiger partial charge is 0.260 e. The van der Waals surface area contributed by atoms with E-state index in [1.165, 1.54) is 35.6 Å². The number of fused-ring (bicyclic) bond motifs is 1. The maximum absolute atomic E-state index is 13.3. The molecular weight excluding hydrogens is 391 g/mol. The van der Waals surface area contributed by atoms with Crippen LogP contribution < -0.4 is 9.64 Å². The van der Waals surface area contributed by atoms with E-state index >= 15 is 0 Å². The zero-order valence-electron chi connectivity index (χ0n) is 15.8. The Bertz CT molecular complexity index is 1110. The minimum absolute atomic E-state index is 0.207. The first-order valence-electron chi connectivity index (χ1n) is 9.12. The van der Waals surface area contributed by atoms with Crippen LogP contribution >= 0.6 is 11.3 Å². The average molecular weight is 410 g/mol. The largest absolute Gasteiger partial charge is 0.497 e. The number of amides is 1. The van der Waals surface area contributed by atoms with Crippen molar-refractivity contribution in [2.45, 2.75) is 13.0 Å². The molecule has 0 radical (unpaired) electrons. The number of benzene rings is 2. The summed E-state index contributed by atoms with van der Waals surface area (Å²) < 4.78 is 21.5. The minimum atomic E-state index is -0.375. The van der Waals surface area contributed by atoms with E-state index in [1.54, 1.807) is 24.5 Å². The predicted octanol–water partition coefficient (Wildman–Crippen LogP) is 4.38. The van der Waals surface area contributed by atoms with Crippen molar-refractivity contribution in [2.24, 2.45) is 0 Å². The van der Waals surface area contributed by atoms with Gasteiger partial charge in [-0.25, -0.2) is 14.4 Å². The number of hydrogen-bond acceptors (Lipinski definition) is 5. The van der Waals surface area contributed by atoms with Gasteiger partial charge in [-0.3, -0.25) is 9.69 Å². The third kappa shape index (κ3) is 4.27. The topological polar surface area (TPSA) is 60.2 Å². The maximum Gasteiger partial charge on any atom is 0.260 e. The number of ether oxygens (including phenoxy) is 1. The van der Waals surface area contributed by atoms with Gasteiger partial charge in [0.2, 0.25) is 0 Å². The summed E-state index contributed by atoms with van der Waals surface area (Å²) in [6.07, 6.45) is 6.08. The molecule has 0 saturated heterocycles. The number of rotatable bonds is 7. The summed E-state index contributed by atoms with van der Waals surface area (Å²) in [5.74, 6) is 0.158. The quantitative estimate of drug-likeness (QED) is 0.454. The van der Waals surface area contributed by atoms with E-state index in [1.807, 2.05) is 29.0 Å². The minimum Gasteiger partial charge on any atom is -0.497 e. The van der Waals surface area contributed by atoms with Gasteiger partial charge in [0.05, 0.1) is 23.7 Å². The van der Waals surface area contributed by atoms with Crippen LogP contribution in [0.1, 0.15) is 16.8 Å². The van der Waals surface area contributed by atoms with Crippen molar-refractivity contribution in [3.63, 3.8) is 0 Å². The molecule has 0 aliphatic rings. The number of carbonyl (C=O) groups excluding carboxylic acids is 1. The first-order valence-corrected chi connectivity index (χ1v) is 9.93. The van der Waals surface area contributed by atoms with Crippen LogP contribution in [0.25, 0.3) is 10.2 Å². The second-order valence-corrected chi connectivity index (χ2v) is 7.46. The highest BCUT2D eigenvalue weighted by Gasteiger charge is 2.21. The normalized spacial score (nSPS) is 11.0. The standard InChI is InChI=1S/C21H19FN4O2S/c1-28-17-7-8-18-19(13-17)29-21(24-18)26(11-2-10-25-12-9-23-14-25)20(27)15-3-5-16(22)6-4-15/h3-9,12-14H,2,10-11H2,1H3. The number of aromatic nitrogens is 3. The molecule has 8 heteroatoms. The van der Waals surface area contributed by atoms with E-state index < -0.39 is 0 Å². The Hall–Kier alpha value is -3.26. The predicted molar refractivity (Wildman–Crippen MR) is 111 cm³/mol. The fraction of sp³-hybridized carbons (Fsp3) is 0.190. The van der Waals surface area contributed by atoms with Gasteiger partial charge in [0.25, 0.3) is 5.91 Å². The van der Waals surface area contributed by atoms with Crippen molar-refractivity contribution < 1.29 is 13.9 Å². The van der Waals surface area contributed by atoms with Crippen molar-refractivity contribution in [3.05, 3.63) is 72.6 Å². The summed E-state index contributed by atoms with van der Waals surface area (Å²) in [6.45, 7) is 1.21. The monoisotopic (exact) mass is 410 g/mol. The fourth-order valence-corrected chi connectivity index (χ4v) is 4.02. The SMILES string of the molecule is COc1ccc2nc(N(CCCn3ccnc3)C(=O)c3ccc(F)cc3)sc2c1. The highest BCUT2D eigenvalue weighted by atomic mass is 32.1. The Morgan fingerprint density at radius 2 is 2.07 bits per heavy atom. The first kappa shape index (κ1) is 19.1. The molecule has 0 aliphatic heterocycles. The van der Waals surface area contributed by atoms with E-state index in [0.29, 0.717) is 17.2 Å². The Morgan fingerprint density at radius 3 is 2.79 bits per heavy atom. The van der Waals surface area contributed by atoms with Crippen LogP contribution in [0.15, 0.2) is 61.2 Å². The summed E-state index contributed by atoms with van der Waals surface area (Å²) in [6, 6.07) is 11.2. The Morgan fingerprint density at radius 1 is 1.24 bits per heavy atom. The number of halogens is 1. The van der Waals surface area contributed by atoms with Gasteiger partial charge in [0.1, 0.15) is 11.6 Å². The van der Waals surface area contributed by atoms with Crippen LogP contribution in [0.4, 0.5) is 9.52 Å². The van der Waals surface area contributed by atoms with Gasteiger partial charge in [0, 0.05) is 31.0 Å². The molecule has 1 amide bonds. The summed E-state index contributed by atoms with van der Waals surface area (Å²) in [7, 11) is 1.61. The third-order valence-electron chi connectivity index (χ3n) is 4.51. The molecule has 0 N–H and O–H groups in total. The van der Waals surface area contributed by atoms with E-state index in [2.05, 4.69) is 9.97 Å². The molecule has 2 heterocycles. The zero-order chi connectivity index (χ0) is 20.2. The lowest BCUT2D eigenvalue weighted by Crippen LogP contribution is -2.32.